The molecule has 0 radical (unpaired) electrons. The van der Waals surface area contributed by atoms with Crippen molar-refractivity contribution in [2.24, 2.45) is 5.92 Å². The molecule has 0 spiro atoms. The number of halogens is 2. The molecular formula is C11H25Cl2NO2. The third-order valence-electron chi connectivity index (χ3n) is 2.35. The highest BCUT2D eigenvalue weighted by Gasteiger charge is 2.15. The Balaban J connectivity index is -0.000000845. The van der Waals surface area contributed by atoms with Gasteiger partial charge in [-0.05, 0) is 19.4 Å². The van der Waals surface area contributed by atoms with Crippen molar-refractivity contribution in [3.8, 4) is 0 Å². The Kier molecular flexibility index (Phi) is 20.0. The van der Waals surface area contributed by atoms with Gasteiger partial charge in [0.1, 0.15) is 0 Å². The standard InChI is InChI=1S/C11H23NO2.2ClH/c1-3-5-7-10(11(13)14)9-12-8-6-4-2;;/h10,12H,3-9H2,1-2H3,(H,13,14);2*1H. The summed E-state index contributed by atoms with van der Waals surface area (Å²) in [6.07, 6.45) is 5.15. The first kappa shape index (κ1) is 21.3. The van der Waals surface area contributed by atoms with Crippen molar-refractivity contribution < 1.29 is 9.90 Å². The van der Waals surface area contributed by atoms with Crippen molar-refractivity contribution in [1.29, 1.82) is 0 Å². The van der Waals surface area contributed by atoms with Crippen molar-refractivity contribution in [3.05, 3.63) is 0 Å². The minimum Gasteiger partial charge on any atom is -0.481 e. The van der Waals surface area contributed by atoms with E-state index in [2.05, 4.69) is 19.2 Å². The average molecular weight is 274 g/mol. The molecule has 1 atom stereocenters. The highest BCUT2D eigenvalue weighted by Crippen LogP contribution is 2.07. The summed E-state index contributed by atoms with van der Waals surface area (Å²) < 4.78 is 0. The zero-order valence-corrected chi connectivity index (χ0v) is 11.8. The summed E-state index contributed by atoms with van der Waals surface area (Å²) in [4.78, 5) is 10.8. The topological polar surface area (TPSA) is 49.3 Å². The lowest BCUT2D eigenvalue weighted by atomic mass is 10.0. The molecule has 16 heavy (non-hydrogen) atoms. The summed E-state index contributed by atoms with van der Waals surface area (Å²) in [5, 5.41) is 12.1. The molecule has 0 aliphatic rings. The fourth-order valence-corrected chi connectivity index (χ4v) is 1.34. The Hall–Kier alpha value is 0.01000. The molecule has 0 aromatic carbocycles. The van der Waals surface area contributed by atoms with Crippen LogP contribution in [0.2, 0.25) is 0 Å². The van der Waals surface area contributed by atoms with E-state index in [1.807, 2.05) is 0 Å². The molecule has 0 aromatic rings. The Morgan fingerprint density at radius 2 is 1.75 bits per heavy atom. The molecule has 0 saturated carbocycles. The van der Waals surface area contributed by atoms with Gasteiger partial charge in [-0.1, -0.05) is 33.1 Å². The van der Waals surface area contributed by atoms with Crippen LogP contribution in [0.15, 0.2) is 0 Å². The monoisotopic (exact) mass is 273 g/mol. The summed E-state index contributed by atoms with van der Waals surface area (Å²) in [6, 6.07) is 0. The molecule has 0 amide bonds. The van der Waals surface area contributed by atoms with Gasteiger partial charge in [-0.3, -0.25) is 4.79 Å². The second-order valence-corrected chi connectivity index (χ2v) is 3.74. The fraction of sp³-hybridized carbons (Fsp3) is 0.909. The van der Waals surface area contributed by atoms with Gasteiger partial charge in [-0.25, -0.2) is 0 Å². The quantitative estimate of drug-likeness (QED) is 0.635. The minimum atomic E-state index is -0.664. The maximum absolute atomic E-state index is 10.8. The van der Waals surface area contributed by atoms with Crippen LogP contribution in [0.25, 0.3) is 0 Å². The molecule has 1 unspecified atom stereocenters. The first-order chi connectivity index (χ1) is 6.72. The highest BCUT2D eigenvalue weighted by atomic mass is 35.5. The van der Waals surface area contributed by atoms with E-state index in [4.69, 9.17) is 5.11 Å². The van der Waals surface area contributed by atoms with Crippen LogP contribution in [0.3, 0.4) is 0 Å². The predicted molar refractivity (Wildman–Crippen MR) is 72.9 cm³/mol. The van der Waals surface area contributed by atoms with Gasteiger partial charge >= 0.3 is 5.97 Å². The van der Waals surface area contributed by atoms with Gasteiger partial charge in [0, 0.05) is 6.54 Å². The molecule has 0 rings (SSSR count). The van der Waals surface area contributed by atoms with E-state index in [1.54, 1.807) is 0 Å². The minimum absolute atomic E-state index is 0. The predicted octanol–water partition coefficient (Wildman–Crippen LogP) is 3.11. The van der Waals surface area contributed by atoms with E-state index >= 15 is 0 Å². The zero-order chi connectivity index (χ0) is 10.8. The van der Waals surface area contributed by atoms with Crippen LogP contribution in [0, 0.1) is 5.92 Å². The van der Waals surface area contributed by atoms with Crippen LogP contribution in [-0.4, -0.2) is 24.2 Å². The van der Waals surface area contributed by atoms with E-state index in [9.17, 15) is 4.79 Å². The molecule has 0 fully saturated rings. The maximum atomic E-state index is 10.8. The van der Waals surface area contributed by atoms with Crippen LogP contribution in [0.1, 0.15) is 46.0 Å². The Bertz CT molecular complexity index is 157. The van der Waals surface area contributed by atoms with E-state index in [0.717, 1.165) is 38.6 Å². The van der Waals surface area contributed by atoms with Crippen molar-refractivity contribution in [1.82, 2.24) is 5.32 Å². The molecule has 2 N–H and O–H groups in total. The van der Waals surface area contributed by atoms with Crippen molar-refractivity contribution in [2.45, 2.75) is 46.0 Å². The van der Waals surface area contributed by atoms with Crippen LogP contribution in [0.4, 0.5) is 0 Å². The summed E-state index contributed by atoms with van der Waals surface area (Å²) in [5.41, 5.74) is 0. The van der Waals surface area contributed by atoms with Gasteiger partial charge in [0.2, 0.25) is 0 Å². The van der Waals surface area contributed by atoms with Gasteiger partial charge < -0.3 is 10.4 Å². The SMILES string of the molecule is CCCCNCC(CCCC)C(=O)O.Cl.Cl. The Labute approximate surface area is 111 Å². The molecule has 0 aromatic heterocycles. The number of carboxylic acid groups (broad SMARTS) is 1. The van der Waals surface area contributed by atoms with E-state index < -0.39 is 5.97 Å². The number of aliphatic carboxylic acids is 1. The highest BCUT2D eigenvalue weighted by molar-refractivity contribution is 5.85. The van der Waals surface area contributed by atoms with Crippen LogP contribution >= 0.6 is 24.8 Å². The molecular weight excluding hydrogens is 249 g/mol. The molecule has 0 aliphatic carbocycles. The second kappa shape index (κ2) is 15.0. The molecule has 0 heterocycles. The van der Waals surface area contributed by atoms with Crippen LogP contribution in [-0.2, 0) is 4.79 Å². The second-order valence-electron chi connectivity index (χ2n) is 3.74. The number of carbonyl (C=O) groups is 1. The number of unbranched alkanes of at least 4 members (excludes halogenated alkanes) is 2. The van der Waals surface area contributed by atoms with Crippen molar-refractivity contribution >= 4 is 30.8 Å². The summed E-state index contributed by atoms with van der Waals surface area (Å²) in [5.74, 6) is -0.866. The molecule has 5 heteroatoms. The molecule has 0 bridgehead atoms. The molecule has 100 valence electrons. The Morgan fingerprint density at radius 3 is 2.19 bits per heavy atom. The van der Waals surface area contributed by atoms with Crippen molar-refractivity contribution in [2.75, 3.05) is 13.1 Å². The van der Waals surface area contributed by atoms with E-state index in [1.165, 1.54) is 0 Å². The smallest absolute Gasteiger partial charge is 0.307 e. The lowest BCUT2D eigenvalue weighted by Crippen LogP contribution is -2.29. The normalized spacial score (nSPS) is 11.1. The first-order valence-corrected chi connectivity index (χ1v) is 5.65. The van der Waals surface area contributed by atoms with Gasteiger partial charge in [0.05, 0.1) is 5.92 Å². The fourth-order valence-electron chi connectivity index (χ4n) is 1.34. The van der Waals surface area contributed by atoms with Gasteiger partial charge in [0.25, 0.3) is 0 Å². The van der Waals surface area contributed by atoms with E-state index in [-0.39, 0.29) is 30.7 Å². The zero-order valence-electron chi connectivity index (χ0n) is 10.2. The summed E-state index contributed by atoms with van der Waals surface area (Å²) >= 11 is 0. The summed E-state index contributed by atoms with van der Waals surface area (Å²) in [6.45, 7) is 5.78. The lowest BCUT2D eigenvalue weighted by Gasteiger charge is -2.12. The Morgan fingerprint density at radius 1 is 1.19 bits per heavy atom. The van der Waals surface area contributed by atoms with Crippen LogP contribution < -0.4 is 5.32 Å². The largest absolute Gasteiger partial charge is 0.481 e. The van der Waals surface area contributed by atoms with Gasteiger partial charge in [0.15, 0.2) is 0 Å². The number of hydrogen-bond donors (Lipinski definition) is 2. The maximum Gasteiger partial charge on any atom is 0.307 e. The lowest BCUT2D eigenvalue weighted by molar-refractivity contribution is -0.141. The molecule has 0 saturated heterocycles. The number of rotatable bonds is 9. The number of nitrogens with one attached hydrogen (secondary N) is 1. The third kappa shape index (κ3) is 12.1. The first-order valence-electron chi connectivity index (χ1n) is 5.65. The average Bonchev–Trinajstić information content (AvgIpc) is 2.16. The van der Waals surface area contributed by atoms with Crippen LogP contribution in [0.5, 0.6) is 0 Å². The number of carboxylic acids is 1. The van der Waals surface area contributed by atoms with E-state index in [0.29, 0.717) is 6.54 Å². The number of hydrogen-bond acceptors (Lipinski definition) is 2. The van der Waals surface area contributed by atoms with Crippen molar-refractivity contribution in [3.63, 3.8) is 0 Å². The van der Waals surface area contributed by atoms with Gasteiger partial charge in [-0.15, -0.1) is 24.8 Å². The summed E-state index contributed by atoms with van der Waals surface area (Å²) in [7, 11) is 0. The van der Waals surface area contributed by atoms with Gasteiger partial charge in [-0.2, -0.15) is 0 Å². The molecule has 0 aliphatic heterocycles. The molecule has 3 nitrogen and oxygen atoms in total. The third-order valence-corrected chi connectivity index (χ3v) is 2.35.